The number of benzene rings is 2. The first-order valence-corrected chi connectivity index (χ1v) is 11.2. The van der Waals surface area contributed by atoms with Crippen molar-refractivity contribution in [3.63, 3.8) is 0 Å². The Balaban J connectivity index is 1.51. The Morgan fingerprint density at radius 1 is 1.09 bits per heavy atom. The molecule has 0 aliphatic heterocycles. The summed E-state index contributed by atoms with van der Waals surface area (Å²) in [5.41, 5.74) is 1.40. The van der Waals surface area contributed by atoms with Crippen molar-refractivity contribution in [2.75, 3.05) is 0 Å². The zero-order valence-corrected chi connectivity index (χ0v) is 18.6. The van der Waals surface area contributed by atoms with Crippen molar-refractivity contribution in [2.45, 2.75) is 23.9 Å². The highest BCUT2D eigenvalue weighted by Gasteiger charge is 2.20. The molecule has 1 atom stereocenters. The van der Waals surface area contributed by atoms with E-state index in [1.54, 1.807) is 12.3 Å². The average Bonchev–Trinajstić information content (AvgIpc) is 3.45. The largest absolute Gasteiger partial charge is 0.467 e. The molecule has 2 aromatic carbocycles. The minimum absolute atomic E-state index is 0.156. The number of fused-ring (bicyclic) bond motifs is 1. The van der Waals surface area contributed by atoms with Gasteiger partial charge in [0.05, 0.1) is 29.0 Å². The molecule has 0 saturated heterocycles. The van der Waals surface area contributed by atoms with E-state index in [-0.39, 0.29) is 10.8 Å². The van der Waals surface area contributed by atoms with Gasteiger partial charge in [-0.25, -0.2) is 4.98 Å². The van der Waals surface area contributed by atoms with Gasteiger partial charge in [0, 0.05) is 10.6 Å². The molecule has 1 N–H and O–H groups in total. The second kappa shape index (κ2) is 8.64. The summed E-state index contributed by atoms with van der Waals surface area (Å²) in [6.07, 6.45) is 1.64. The first-order chi connectivity index (χ1) is 15.6. The Morgan fingerprint density at radius 3 is 2.69 bits per heavy atom. The number of furan rings is 1. The van der Waals surface area contributed by atoms with E-state index in [0.29, 0.717) is 39.3 Å². The van der Waals surface area contributed by atoms with Crippen LogP contribution in [0.4, 0.5) is 0 Å². The van der Waals surface area contributed by atoms with Crippen LogP contribution in [0.15, 0.2) is 81.3 Å². The second-order valence-corrected chi connectivity index (χ2v) is 8.95. The van der Waals surface area contributed by atoms with Crippen LogP contribution in [-0.4, -0.2) is 24.7 Å². The van der Waals surface area contributed by atoms with Gasteiger partial charge in [-0.3, -0.25) is 9.36 Å². The van der Waals surface area contributed by atoms with E-state index in [1.807, 2.05) is 66.1 Å². The molecule has 9 heteroatoms. The summed E-state index contributed by atoms with van der Waals surface area (Å²) in [7, 11) is 0. The summed E-state index contributed by atoms with van der Waals surface area (Å²) in [6, 6.07) is 18.5. The first-order valence-electron chi connectivity index (χ1n) is 9.95. The van der Waals surface area contributed by atoms with Crippen molar-refractivity contribution in [1.82, 2.24) is 24.7 Å². The molecular weight excluding hydrogens is 446 g/mol. The number of nitrogens with zero attached hydrogens (tertiary/aromatic N) is 4. The monoisotopic (exact) mass is 463 g/mol. The van der Waals surface area contributed by atoms with Gasteiger partial charge in [-0.15, -0.1) is 10.2 Å². The lowest BCUT2D eigenvalue weighted by atomic mass is 10.2. The third-order valence-corrected chi connectivity index (χ3v) is 6.35. The topological polar surface area (TPSA) is 89.6 Å². The molecule has 3 heterocycles. The van der Waals surface area contributed by atoms with Crippen LogP contribution >= 0.6 is 23.4 Å². The maximum Gasteiger partial charge on any atom is 0.258 e. The Hall–Kier alpha value is -3.36. The van der Waals surface area contributed by atoms with E-state index >= 15 is 0 Å². The number of rotatable bonds is 6. The van der Waals surface area contributed by atoms with E-state index in [9.17, 15) is 4.79 Å². The van der Waals surface area contributed by atoms with Crippen molar-refractivity contribution >= 4 is 34.3 Å². The van der Waals surface area contributed by atoms with Crippen LogP contribution < -0.4 is 5.56 Å². The quantitative estimate of drug-likeness (QED) is 0.342. The average molecular weight is 464 g/mol. The minimum Gasteiger partial charge on any atom is -0.467 e. The lowest BCUT2D eigenvalue weighted by molar-refractivity contribution is 0.485. The molecule has 0 unspecified atom stereocenters. The summed E-state index contributed by atoms with van der Waals surface area (Å²) < 4.78 is 7.55. The molecule has 7 nitrogen and oxygen atoms in total. The molecule has 3 aromatic heterocycles. The molecule has 5 aromatic rings. The number of aromatic nitrogens is 5. The fraction of sp³-hybridized carbons (Fsp3) is 0.130. The highest BCUT2D eigenvalue weighted by atomic mass is 35.5. The standard InChI is InChI=1S/C23H18ClN5O2S/c1-14(20-25-19-7-3-2-6-18(19)22(30)26-20)32-23-28-27-21(15-8-10-16(24)11-9-15)29(23)13-17-5-4-12-31-17/h2-12,14H,13H2,1H3,(H,25,26,30)/t14-/m1/s1. The molecule has 0 aliphatic rings. The van der Waals surface area contributed by atoms with Crippen LogP contribution in [-0.2, 0) is 6.54 Å². The van der Waals surface area contributed by atoms with Gasteiger partial charge in [0.2, 0.25) is 0 Å². The third kappa shape index (κ3) is 4.06. The van der Waals surface area contributed by atoms with Crippen LogP contribution in [0.3, 0.4) is 0 Å². The SMILES string of the molecule is C[C@@H](Sc1nnc(-c2ccc(Cl)cc2)n1Cc1ccco1)c1nc2ccccc2c(=O)[nH]1. The third-order valence-electron chi connectivity index (χ3n) is 5.01. The summed E-state index contributed by atoms with van der Waals surface area (Å²) in [5, 5.41) is 10.6. The Labute approximate surface area is 192 Å². The van der Waals surface area contributed by atoms with Crippen LogP contribution in [0.1, 0.15) is 23.8 Å². The second-order valence-electron chi connectivity index (χ2n) is 7.21. The lowest BCUT2D eigenvalue weighted by Crippen LogP contribution is -2.13. The maximum atomic E-state index is 12.5. The molecule has 0 radical (unpaired) electrons. The normalized spacial score (nSPS) is 12.3. The van der Waals surface area contributed by atoms with Crippen molar-refractivity contribution < 1.29 is 4.42 Å². The highest BCUT2D eigenvalue weighted by Crippen LogP contribution is 2.34. The molecule has 0 saturated carbocycles. The van der Waals surface area contributed by atoms with Crippen LogP contribution in [0, 0.1) is 0 Å². The number of aromatic amines is 1. The van der Waals surface area contributed by atoms with Crippen LogP contribution in [0.5, 0.6) is 0 Å². The number of hydrogen-bond acceptors (Lipinski definition) is 6. The molecule has 32 heavy (non-hydrogen) atoms. The highest BCUT2D eigenvalue weighted by molar-refractivity contribution is 7.99. The molecule has 0 fully saturated rings. The molecule has 0 spiro atoms. The van der Waals surface area contributed by atoms with E-state index < -0.39 is 0 Å². The fourth-order valence-corrected chi connectivity index (χ4v) is 4.43. The number of halogens is 1. The predicted octanol–water partition coefficient (Wildman–Crippen LogP) is 5.33. The van der Waals surface area contributed by atoms with Gasteiger partial charge in [0.15, 0.2) is 11.0 Å². The smallest absolute Gasteiger partial charge is 0.258 e. The minimum atomic E-state index is -0.162. The van der Waals surface area contributed by atoms with Crippen molar-refractivity contribution in [3.8, 4) is 11.4 Å². The van der Waals surface area contributed by atoms with Gasteiger partial charge in [-0.05, 0) is 55.5 Å². The molecule has 160 valence electrons. The van der Waals surface area contributed by atoms with Gasteiger partial charge in [-0.2, -0.15) is 0 Å². The lowest BCUT2D eigenvalue weighted by Gasteiger charge is -2.13. The number of H-pyrrole nitrogens is 1. The zero-order valence-electron chi connectivity index (χ0n) is 17.0. The maximum absolute atomic E-state index is 12.5. The molecule has 0 amide bonds. The Bertz CT molecular complexity index is 1430. The van der Waals surface area contributed by atoms with Crippen molar-refractivity contribution in [3.05, 3.63) is 93.9 Å². The number of nitrogens with one attached hydrogen (secondary N) is 1. The molecular formula is C23H18ClN5O2S. The Morgan fingerprint density at radius 2 is 1.91 bits per heavy atom. The Kier molecular flexibility index (Phi) is 5.55. The number of hydrogen-bond donors (Lipinski definition) is 1. The molecule has 0 aliphatic carbocycles. The van der Waals surface area contributed by atoms with Crippen molar-refractivity contribution in [1.29, 1.82) is 0 Å². The summed E-state index contributed by atoms with van der Waals surface area (Å²) in [6.45, 7) is 2.44. The molecule has 5 rings (SSSR count). The van der Waals surface area contributed by atoms with E-state index in [1.165, 1.54) is 11.8 Å². The van der Waals surface area contributed by atoms with Crippen LogP contribution in [0.25, 0.3) is 22.3 Å². The van der Waals surface area contributed by atoms with E-state index in [2.05, 4.69) is 20.2 Å². The van der Waals surface area contributed by atoms with Gasteiger partial charge < -0.3 is 9.40 Å². The van der Waals surface area contributed by atoms with Gasteiger partial charge in [0.1, 0.15) is 11.6 Å². The predicted molar refractivity (Wildman–Crippen MR) is 125 cm³/mol. The van der Waals surface area contributed by atoms with Gasteiger partial charge >= 0.3 is 0 Å². The van der Waals surface area contributed by atoms with Crippen molar-refractivity contribution in [2.24, 2.45) is 0 Å². The van der Waals surface area contributed by atoms with E-state index in [0.717, 1.165) is 11.3 Å². The molecule has 0 bridgehead atoms. The fourth-order valence-electron chi connectivity index (χ4n) is 3.40. The number of thioether (sulfide) groups is 1. The number of para-hydroxylation sites is 1. The zero-order chi connectivity index (χ0) is 22.1. The summed E-state index contributed by atoms with van der Waals surface area (Å²) >= 11 is 7.52. The summed E-state index contributed by atoms with van der Waals surface area (Å²) in [5.74, 6) is 2.07. The summed E-state index contributed by atoms with van der Waals surface area (Å²) in [4.78, 5) is 20.0. The van der Waals surface area contributed by atoms with E-state index in [4.69, 9.17) is 16.0 Å². The van der Waals surface area contributed by atoms with Gasteiger partial charge in [-0.1, -0.05) is 35.5 Å². The first kappa shape index (κ1) is 20.5. The van der Waals surface area contributed by atoms with Gasteiger partial charge in [0.25, 0.3) is 5.56 Å². The van der Waals surface area contributed by atoms with Crippen LogP contribution in [0.2, 0.25) is 5.02 Å².